The highest BCUT2D eigenvalue weighted by molar-refractivity contribution is 5.02. The molecule has 2 atom stereocenters. The molecule has 0 bridgehead atoms. The highest BCUT2D eigenvalue weighted by Crippen LogP contribution is 2.49. The molecule has 0 amide bonds. The largest absolute Gasteiger partial charge is 0.390 e. The molecule has 1 rings (SSSR count). The molecule has 0 aromatic carbocycles. The fourth-order valence-corrected chi connectivity index (χ4v) is 2.83. The van der Waals surface area contributed by atoms with Crippen LogP contribution in [-0.2, 0) is 0 Å². The summed E-state index contributed by atoms with van der Waals surface area (Å²) in [5.74, 6) is 6.33. The van der Waals surface area contributed by atoms with Crippen LogP contribution in [0.2, 0.25) is 0 Å². The molecule has 1 saturated carbocycles. The highest BCUT2D eigenvalue weighted by atomic mass is 16.3. The van der Waals surface area contributed by atoms with Crippen LogP contribution in [0.25, 0.3) is 0 Å². The Morgan fingerprint density at radius 1 is 1.43 bits per heavy atom. The number of aliphatic hydroxyl groups is 1. The molecule has 0 aromatic heterocycles. The van der Waals surface area contributed by atoms with Gasteiger partial charge in [0.05, 0.1) is 5.60 Å². The predicted octanol–water partition coefficient (Wildman–Crippen LogP) is 2.98. The number of hydrogen-bond donors (Lipinski definition) is 1. The summed E-state index contributed by atoms with van der Waals surface area (Å²) in [6.07, 6.45) is 3.71. The Morgan fingerprint density at radius 2 is 2.07 bits per heavy atom. The van der Waals surface area contributed by atoms with E-state index in [9.17, 15) is 5.11 Å². The zero-order chi connectivity index (χ0) is 10.8. The van der Waals surface area contributed by atoms with Crippen LogP contribution in [0.3, 0.4) is 0 Å². The van der Waals surface area contributed by atoms with E-state index in [4.69, 9.17) is 0 Å². The molecule has 1 fully saturated rings. The van der Waals surface area contributed by atoms with E-state index in [2.05, 4.69) is 32.6 Å². The summed E-state index contributed by atoms with van der Waals surface area (Å²) in [6.45, 7) is 8.50. The molecular formula is C13H22O. The Kier molecular flexibility index (Phi) is 3.27. The monoisotopic (exact) mass is 194 g/mol. The minimum Gasteiger partial charge on any atom is -0.390 e. The third-order valence-corrected chi connectivity index (χ3v) is 3.42. The second kappa shape index (κ2) is 3.95. The maximum Gasteiger partial charge on any atom is 0.0687 e. The Balaban J connectivity index is 2.59. The van der Waals surface area contributed by atoms with Gasteiger partial charge in [-0.2, -0.15) is 0 Å². The van der Waals surface area contributed by atoms with E-state index in [0.29, 0.717) is 11.3 Å². The molecule has 1 N–H and O–H groups in total. The SMILES string of the molecule is CC#CCCC1(O)CC(C)(C)CC1C. The molecule has 0 radical (unpaired) electrons. The Hall–Kier alpha value is -0.480. The lowest BCUT2D eigenvalue weighted by atomic mass is 9.86. The molecular weight excluding hydrogens is 172 g/mol. The average Bonchev–Trinajstić information content (AvgIpc) is 2.21. The van der Waals surface area contributed by atoms with Crippen molar-refractivity contribution in [3.8, 4) is 11.8 Å². The van der Waals surface area contributed by atoms with Gasteiger partial charge in [-0.15, -0.1) is 11.8 Å². The van der Waals surface area contributed by atoms with Crippen molar-refractivity contribution < 1.29 is 5.11 Å². The molecule has 0 saturated heterocycles. The third kappa shape index (κ3) is 2.51. The van der Waals surface area contributed by atoms with E-state index in [-0.39, 0.29) is 0 Å². The van der Waals surface area contributed by atoms with Gasteiger partial charge in [0, 0.05) is 6.42 Å². The van der Waals surface area contributed by atoms with E-state index in [1.165, 1.54) is 0 Å². The van der Waals surface area contributed by atoms with Gasteiger partial charge in [-0.05, 0) is 37.5 Å². The lowest BCUT2D eigenvalue weighted by Gasteiger charge is -2.27. The second-order valence-electron chi connectivity index (χ2n) is 5.48. The van der Waals surface area contributed by atoms with Crippen molar-refractivity contribution in [1.29, 1.82) is 0 Å². The molecule has 2 unspecified atom stereocenters. The highest BCUT2D eigenvalue weighted by Gasteiger charge is 2.46. The maximum absolute atomic E-state index is 10.5. The van der Waals surface area contributed by atoms with Gasteiger partial charge in [-0.1, -0.05) is 20.8 Å². The van der Waals surface area contributed by atoms with E-state index in [0.717, 1.165) is 25.7 Å². The molecule has 14 heavy (non-hydrogen) atoms. The summed E-state index contributed by atoms with van der Waals surface area (Å²) in [5, 5.41) is 10.5. The van der Waals surface area contributed by atoms with E-state index in [1.54, 1.807) is 0 Å². The second-order valence-corrected chi connectivity index (χ2v) is 5.48. The van der Waals surface area contributed by atoms with Crippen molar-refractivity contribution in [2.45, 2.75) is 59.0 Å². The van der Waals surface area contributed by atoms with E-state index >= 15 is 0 Å². The first-order chi connectivity index (χ1) is 6.40. The van der Waals surface area contributed by atoms with Crippen molar-refractivity contribution in [3.05, 3.63) is 0 Å². The van der Waals surface area contributed by atoms with Crippen molar-refractivity contribution in [1.82, 2.24) is 0 Å². The van der Waals surface area contributed by atoms with Crippen LogP contribution in [0.5, 0.6) is 0 Å². The molecule has 0 spiro atoms. The van der Waals surface area contributed by atoms with Gasteiger partial charge >= 0.3 is 0 Å². The summed E-state index contributed by atoms with van der Waals surface area (Å²) in [6, 6.07) is 0. The Bertz CT molecular complexity index is 256. The zero-order valence-corrected chi connectivity index (χ0v) is 9.85. The molecule has 1 aliphatic carbocycles. The van der Waals surface area contributed by atoms with Gasteiger partial charge in [-0.3, -0.25) is 0 Å². The third-order valence-electron chi connectivity index (χ3n) is 3.42. The standard InChI is InChI=1S/C13H22O/c1-5-6-7-8-13(14)10-12(3,4)9-11(13)2/h11,14H,7-10H2,1-4H3. The topological polar surface area (TPSA) is 20.2 Å². The zero-order valence-electron chi connectivity index (χ0n) is 9.85. The summed E-state index contributed by atoms with van der Waals surface area (Å²) >= 11 is 0. The van der Waals surface area contributed by atoms with Gasteiger partial charge < -0.3 is 5.11 Å². The van der Waals surface area contributed by atoms with E-state index < -0.39 is 5.60 Å². The summed E-state index contributed by atoms with van der Waals surface area (Å²) in [4.78, 5) is 0. The Labute approximate surface area is 87.9 Å². The molecule has 1 aliphatic rings. The quantitative estimate of drug-likeness (QED) is 0.670. The fourth-order valence-electron chi connectivity index (χ4n) is 2.83. The van der Waals surface area contributed by atoms with Crippen molar-refractivity contribution in [2.24, 2.45) is 11.3 Å². The normalized spacial score (nSPS) is 35.1. The number of rotatable bonds is 2. The molecule has 0 aromatic rings. The van der Waals surface area contributed by atoms with Crippen LogP contribution < -0.4 is 0 Å². The minimum atomic E-state index is -0.465. The van der Waals surface area contributed by atoms with Crippen LogP contribution in [0, 0.1) is 23.2 Å². The van der Waals surface area contributed by atoms with Crippen LogP contribution in [-0.4, -0.2) is 10.7 Å². The lowest BCUT2D eigenvalue weighted by Crippen LogP contribution is -2.31. The van der Waals surface area contributed by atoms with Crippen molar-refractivity contribution >= 4 is 0 Å². The van der Waals surface area contributed by atoms with Gasteiger partial charge in [-0.25, -0.2) is 0 Å². The van der Waals surface area contributed by atoms with Crippen LogP contribution >= 0.6 is 0 Å². The average molecular weight is 194 g/mol. The summed E-state index contributed by atoms with van der Waals surface area (Å²) in [5.41, 5.74) is -0.166. The molecule has 1 nitrogen and oxygen atoms in total. The van der Waals surface area contributed by atoms with E-state index in [1.807, 2.05) is 6.92 Å². The lowest BCUT2D eigenvalue weighted by molar-refractivity contribution is -0.00263. The van der Waals surface area contributed by atoms with Crippen LogP contribution in [0.15, 0.2) is 0 Å². The van der Waals surface area contributed by atoms with Gasteiger partial charge in [0.25, 0.3) is 0 Å². The Morgan fingerprint density at radius 3 is 2.50 bits per heavy atom. The van der Waals surface area contributed by atoms with Crippen molar-refractivity contribution in [2.75, 3.05) is 0 Å². The molecule has 0 aliphatic heterocycles. The summed E-state index contributed by atoms with van der Waals surface area (Å²) in [7, 11) is 0. The van der Waals surface area contributed by atoms with Gasteiger partial charge in [0.1, 0.15) is 0 Å². The van der Waals surface area contributed by atoms with Crippen molar-refractivity contribution in [3.63, 3.8) is 0 Å². The first kappa shape index (κ1) is 11.6. The summed E-state index contributed by atoms with van der Waals surface area (Å²) < 4.78 is 0. The first-order valence-electron chi connectivity index (χ1n) is 5.52. The van der Waals surface area contributed by atoms with Crippen LogP contribution in [0.1, 0.15) is 53.4 Å². The van der Waals surface area contributed by atoms with Gasteiger partial charge in [0.15, 0.2) is 0 Å². The predicted molar refractivity (Wildman–Crippen MR) is 59.8 cm³/mol. The maximum atomic E-state index is 10.5. The number of hydrogen-bond acceptors (Lipinski definition) is 1. The fraction of sp³-hybridized carbons (Fsp3) is 0.846. The molecule has 0 heterocycles. The first-order valence-corrected chi connectivity index (χ1v) is 5.52. The molecule has 80 valence electrons. The molecule has 1 heteroatoms. The minimum absolute atomic E-state index is 0.299. The van der Waals surface area contributed by atoms with Crippen LogP contribution in [0.4, 0.5) is 0 Å². The smallest absolute Gasteiger partial charge is 0.0687 e. The van der Waals surface area contributed by atoms with Gasteiger partial charge in [0.2, 0.25) is 0 Å².